The molecule has 2 aromatic carbocycles. The van der Waals surface area contributed by atoms with Crippen LogP contribution in [0.5, 0.6) is 0 Å². The van der Waals surface area contributed by atoms with Crippen LogP contribution >= 0.6 is 0 Å². The van der Waals surface area contributed by atoms with Gasteiger partial charge in [0.15, 0.2) is 5.82 Å². The fraction of sp³-hybridized carbons (Fsp3) is 0.0476. The van der Waals surface area contributed by atoms with Crippen molar-refractivity contribution in [1.82, 2.24) is 15.0 Å². The van der Waals surface area contributed by atoms with E-state index in [1.807, 2.05) is 66.7 Å². The molecule has 6 heteroatoms. The van der Waals surface area contributed by atoms with Crippen LogP contribution in [-0.2, 0) is 4.79 Å². The van der Waals surface area contributed by atoms with Crippen molar-refractivity contribution < 1.29 is 4.79 Å². The average molecular weight is 355 g/mol. The topological polar surface area (TPSA) is 93.8 Å². The molecule has 2 aromatic heterocycles. The van der Waals surface area contributed by atoms with Gasteiger partial charge in [-0.15, -0.1) is 0 Å². The summed E-state index contributed by atoms with van der Waals surface area (Å²) in [5.74, 6) is 0.629. The molecule has 0 bridgehead atoms. The maximum atomic E-state index is 12.1. The number of fused-ring (bicyclic) bond motifs is 1. The molecule has 0 saturated heterocycles. The Kier molecular flexibility index (Phi) is 4.45. The molecule has 0 spiro atoms. The Morgan fingerprint density at radius 2 is 1.59 bits per heavy atom. The molecule has 0 radical (unpaired) electrons. The highest BCUT2D eigenvalue weighted by molar-refractivity contribution is 5.93. The van der Waals surface area contributed by atoms with Gasteiger partial charge in [-0.25, -0.2) is 9.97 Å². The molecule has 27 heavy (non-hydrogen) atoms. The summed E-state index contributed by atoms with van der Waals surface area (Å²) >= 11 is 0. The predicted octanol–water partition coefficient (Wildman–Crippen LogP) is 3.33. The molecular weight excluding hydrogens is 338 g/mol. The van der Waals surface area contributed by atoms with Gasteiger partial charge in [-0.3, -0.25) is 9.78 Å². The molecular formula is C21H17N5O. The second-order valence-electron chi connectivity index (χ2n) is 6.04. The van der Waals surface area contributed by atoms with Crippen molar-refractivity contribution in [2.24, 2.45) is 5.73 Å². The highest BCUT2D eigenvalue weighted by Gasteiger charge is 2.20. The van der Waals surface area contributed by atoms with Gasteiger partial charge in [0.1, 0.15) is 11.9 Å². The third-order valence-corrected chi connectivity index (χ3v) is 4.24. The Balaban J connectivity index is 1.83. The lowest BCUT2D eigenvalue weighted by Crippen LogP contribution is -2.28. The number of hydrogen-bond donors (Lipinski definition) is 2. The normalized spacial score (nSPS) is 11.9. The van der Waals surface area contributed by atoms with Crippen molar-refractivity contribution in [3.05, 3.63) is 84.7 Å². The number of aromatic nitrogens is 3. The maximum Gasteiger partial charge on any atom is 0.244 e. The number of nitrogens with two attached hydrogens (primary N) is 1. The highest BCUT2D eigenvalue weighted by Crippen LogP contribution is 2.27. The first-order valence-electron chi connectivity index (χ1n) is 8.50. The number of carbonyl (C=O) groups excluding carboxylic acids is 1. The number of hydrogen-bond acceptors (Lipinski definition) is 5. The molecule has 1 amide bonds. The number of anilines is 1. The lowest BCUT2D eigenvalue weighted by atomic mass is 10.1. The molecule has 1 atom stereocenters. The summed E-state index contributed by atoms with van der Waals surface area (Å²) in [6, 6.07) is 20.0. The molecule has 0 unspecified atom stereocenters. The lowest BCUT2D eigenvalue weighted by molar-refractivity contribution is -0.118. The number of nitrogens with zero attached hydrogens (tertiary/aromatic N) is 3. The van der Waals surface area contributed by atoms with Crippen LogP contribution in [0.25, 0.3) is 22.3 Å². The molecule has 2 heterocycles. The Bertz CT molecular complexity index is 1080. The summed E-state index contributed by atoms with van der Waals surface area (Å²) in [7, 11) is 0. The molecule has 4 aromatic rings. The fourth-order valence-electron chi connectivity index (χ4n) is 2.92. The van der Waals surface area contributed by atoms with Gasteiger partial charge in [0, 0.05) is 23.3 Å². The first-order chi connectivity index (χ1) is 13.2. The standard InChI is InChI=1S/C21H17N5O/c22-19(27)18(14-6-2-1-3-7-14)25-21-16-8-4-5-9-17(16)24-20(26-21)15-10-12-23-13-11-15/h1-13,18H,(H2,22,27)(H,24,25,26)/t18-/m0/s1. The zero-order valence-electron chi connectivity index (χ0n) is 14.4. The van der Waals surface area contributed by atoms with Crippen LogP contribution in [0.15, 0.2) is 79.1 Å². The molecule has 0 saturated carbocycles. The molecule has 0 aliphatic rings. The van der Waals surface area contributed by atoms with Crippen LogP contribution in [-0.4, -0.2) is 20.9 Å². The van der Waals surface area contributed by atoms with Crippen molar-refractivity contribution in [3.8, 4) is 11.4 Å². The Morgan fingerprint density at radius 1 is 0.889 bits per heavy atom. The minimum Gasteiger partial charge on any atom is -0.368 e. The fourth-order valence-corrected chi connectivity index (χ4v) is 2.92. The second kappa shape index (κ2) is 7.21. The van der Waals surface area contributed by atoms with Crippen molar-refractivity contribution in [1.29, 1.82) is 0 Å². The molecule has 0 aliphatic heterocycles. The number of para-hydroxylation sites is 1. The van der Waals surface area contributed by atoms with Crippen LogP contribution in [0.1, 0.15) is 11.6 Å². The number of carbonyl (C=O) groups is 1. The van der Waals surface area contributed by atoms with Gasteiger partial charge in [-0.2, -0.15) is 0 Å². The van der Waals surface area contributed by atoms with Crippen molar-refractivity contribution in [2.75, 3.05) is 5.32 Å². The van der Waals surface area contributed by atoms with E-state index in [1.54, 1.807) is 12.4 Å². The van der Waals surface area contributed by atoms with Crippen LogP contribution < -0.4 is 11.1 Å². The van der Waals surface area contributed by atoms with Gasteiger partial charge in [0.25, 0.3) is 0 Å². The van der Waals surface area contributed by atoms with E-state index < -0.39 is 11.9 Å². The Labute approximate surface area is 156 Å². The Hall–Kier alpha value is -3.80. The third kappa shape index (κ3) is 3.46. The van der Waals surface area contributed by atoms with Gasteiger partial charge in [0.2, 0.25) is 5.91 Å². The second-order valence-corrected chi connectivity index (χ2v) is 6.04. The number of amides is 1. The largest absolute Gasteiger partial charge is 0.368 e. The van der Waals surface area contributed by atoms with Gasteiger partial charge in [-0.05, 0) is 29.8 Å². The lowest BCUT2D eigenvalue weighted by Gasteiger charge is -2.18. The molecule has 4 rings (SSSR count). The van der Waals surface area contributed by atoms with Gasteiger partial charge < -0.3 is 11.1 Å². The van der Waals surface area contributed by atoms with E-state index in [1.165, 1.54) is 0 Å². The summed E-state index contributed by atoms with van der Waals surface area (Å²) in [4.78, 5) is 25.4. The number of pyridine rings is 1. The third-order valence-electron chi connectivity index (χ3n) is 4.24. The molecule has 3 N–H and O–H groups in total. The van der Waals surface area contributed by atoms with Crippen LogP contribution in [0.4, 0.5) is 5.82 Å². The maximum absolute atomic E-state index is 12.1. The van der Waals surface area contributed by atoms with E-state index in [-0.39, 0.29) is 0 Å². The zero-order chi connectivity index (χ0) is 18.6. The number of benzene rings is 2. The molecule has 0 aliphatic carbocycles. The predicted molar refractivity (Wildman–Crippen MR) is 105 cm³/mol. The molecule has 132 valence electrons. The number of nitrogens with one attached hydrogen (secondary N) is 1. The average Bonchev–Trinajstić information content (AvgIpc) is 2.72. The van der Waals surface area contributed by atoms with E-state index >= 15 is 0 Å². The van der Waals surface area contributed by atoms with Crippen molar-refractivity contribution in [2.45, 2.75) is 6.04 Å². The van der Waals surface area contributed by atoms with Crippen LogP contribution in [0.3, 0.4) is 0 Å². The summed E-state index contributed by atoms with van der Waals surface area (Å²) in [5, 5.41) is 4.02. The van der Waals surface area contributed by atoms with E-state index in [2.05, 4.69) is 20.3 Å². The smallest absolute Gasteiger partial charge is 0.244 e. The molecule has 0 fully saturated rings. The van der Waals surface area contributed by atoms with Crippen molar-refractivity contribution >= 4 is 22.6 Å². The summed E-state index contributed by atoms with van der Waals surface area (Å²) in [5.41, 5.74) is 8.05. The van der Waals surface area contributed by atoms with Crippen LogP contribution in [0.2, 0.25) is 0 Å². The van der Waals surface area contributed by atoms with E-state index in [0.717, 1.165) is 22.0 Å². The van der Waals surface area contributed by atoms with Gasteiger partial charge in [0.05, 0.1) is 5.52 Å². The van der Waals surface area contributed by atoms with Crippen LogP contribution in [0, 0.1) is 0 Å². The summed E-state index contributed by atoms with van der Waals surface area (Å²) < 4.78 is 0. The first kappa shape index (κ1) is 16.7. The quantitative estimate of drug-likeness (QED) is 0.573. The highest BCUT2D eigenvalue weighted by atomic mass is 16.1. The summed E-state index contributed by atoms with van der Waals surface area (Å²) in [6.45, 7) is 0. The van der Waals surface area contributed by atoms with Crippen molar-refractivity contribution in [3.63, 3.8) is 0 Å². The minimum atomic E-state index is -0.699. The Morgan fingerprint density at radius 3 is 2.33 bits per heavy atom. The summed E-state index contributed by atoms with van der Waals surface area (Å²) in [6.07, 6.45) is 3.38. The minimum absolute atomic E-state index is 0.477. The number of rotatable bonds is 5. The SMILES string of the molecule is NC(=O)[C@@H](Nc1nc(-c2ccncc2)nc2ccccc12)c1ccccc1. The van der Waals surface area contributed by atoms with Gasteiger partial charge in [-0.1, -0.05) is 42.5 Å². The van der Waals surface area contributed by atoms with E-state index in [9.17, 15) is 4.79 Å². The van der Waals surface area contributed by atoms with E-state index in [0.29, 0.717) is 11.6 Å². The zero-order valence-corrected chi connectivity index (χ0v) is 14.4. The van der Waals surface area contributed by atoms with E-state index in [4.69, 9.17) is 5.73 Å². The first-order valence-corrected chi connectivity index (χ1v) is 8.50. The van der Waals surface area contributed by atoms with Gasteiger partial charge >= 0.3 is 0 Å². The monoisotopic (exact) mass is 355 g/mol. The number of primary amides is 1. The molecule has 6 nitrogen and oxygen atoms in total.